The molecule has 0 aromatic heterocycles. The Hall–Kier alpha value is -1.04. The SMILES string of the molecule is CCCC(OC)C(NN)c1cccc(F)c1F. The van der Waals surface area contributed by atoms with Crippen LogP contribution in [0.25, 0.3) is 0 Å². The van der Waals surface area contributed by atoms with Crippen LogP contribution in [0, 0.1) is 11.6 Å². The van der Waals surface area contributed by atoms with Crippen molar-refractivity contribution >= 4 is 0 Å². The molecule has 0 heterocycles. The monoisotopic (exact) mass is 244 g/mol. The third-order valence-corrected chi connectivity index (χ3v) is 2.74. The fourth-order valence-electron chi connectivity index (χ4n) is 1.86. The van der Waals surface area contributed by atoms with Gasteiger partial charge in [-0.25, -0.2) is 8.78 Å². The summed E-state index contributed by atoms with van der Waals surface area (Å²) in [6.45, 7) is 1.99. The van der Waals surface area contributed by atoms with Gasteiger partial charge in [0.1, 0.15) is 0 Å². The highest BCUT2D eigenvalue weighted by molar-refractivity contribution is 5.23. The lowest BCUT2D eigenvalue weighted by molar-refractivity contribution is 0.0593. The molecule has 17 heavy (non-hydrogen) atoms. The summed E-state index contributed by atoms with van der Waals surface area (Å²) in [5.74, 6) is 3.65. The Balaban J connectivity index is 3.03. The summed E-state index contributed by atoms with van der Waals surface area (Å²) in [5, 5.41) is 0. The van der Waals surface area contributed by atoms with Crippen molar-refractivity contribution in [3.63, 3.8) is 0 Å². The quantitative estimate of drug-likeness (QED) is 0.596. The van der Waals surface area contributed by atoms with E-state index in [2.05, 4.69) is 5.43 Å². The predicted octanol–water partition coefficient (Wildman–Crippen LogP) is 2.28. The van der Waals surface area contributed by atoms with Gasteiger partial charge in [0.2, 0.25) is 0 Å². The Kier molecular flexibility index (Phi) is 5.47. The summed E-state index contributed by atoms with van der Waals surface area (Å²) >= 11 is 0. The van der Waals surface area contributed by atoms with Gasteiger partial charge in [0.15, 0.2) is 11.6 Å². The minimum Gasteiger partial charge on any atom is -0.379 e. The Morgan fingerprint density at radius 3 is 2.65 bits per heavy atom. The molecule has 2 atom stereocenters. The first-order valence-electron chi connectivity index (χ1n) is 5.58. The topological polar surface area (TPSA) is 47.3 Å². The molecule has 0 aliphatic carbocycles. The van der Waals surface area contributed by atoms with Gasteiger partial charge in [-0.05, 0) is 12.5 Å². The molecule has 0 amide bonds. The number of nitrogens with two attached hydrogens (primary N) is 1. The van der Waals surface area contributed by atoms with Crippen LogP contribution in [-0.4, -0.2) is 13.2 Å². The zero-order valence-electron chi connectivity index (χ0n) is 10.0. The number of halogens is 2. The highest BCUT2D eigenvalue weighted by Crippen LogP contribution is 2.25. The average molecular weight is 244 g/mol. The van der Waals surface area contributed by atoms with E-state index in [-0.39, 0.29) is 11.7 Å². The van der Waals surface area contributed by atoms with Crippen LogP contribution in [0.2, 0.25) is 0 Å². The third kappa shape index (κ3) is 3.21. The van der Waals surface area contributed by atoms with Gasteiger partial charge < -0.3 is 4.74 Å². The zero-order chi connectivity index (χ0) is 12.8. The molecule has 2 unspecified atom stereocenters. The maximum Gasteiger partial charge on any atom is 0.163 e. The second kappa shape index (κ2) is 6.64. The highest BCUT2D eigenvalue weighted by atomic mass is 19.2. The van der Waals surface area contributed by atoms with Crippen LogP contribution in [0.15, 0.2) is 18.2 Å². The van der Waals surface area contributed by atoms with E-state index >= 15 is 0 Å². The number of benzene rings is 1. The first kappa shape index (κ1) is 14.0. The number of hydrazine groups is 1. The highest BCUT2D eigenvalue weighted by Gasteiger charge is 2.25. The molecular formula is C12H18F2N2O. The summed E-state index contributed by atoms with van der Waals surface area (Å²) in [7, 11) is 1.53. The summed E-state index contributed by atoms with van der Waals surface area (Å²) in [5.41, 5.74) is 2.68. The predicted molar refractivity (Wildman–Crippen MR) is 62.1 cm³/mol. The van der Waals surface area contributed by atoms with E-state index in [1.165, 1.54) is 19.2 Å². The van der Waals surface area contributed by atoms with Gasteiger partial charge in [-0.3, -0.25) is 11.3 Å². The lowest BCUT2D eigenvalue weighted by atomic mass is 9.98. The van der Waals surface area contributed by atoms with Crippen molar-refractivity contribution in [3.8, 4) is 0 Å². The molecule has 0 saturated carbocycles. The minimum atomic E-state index is -0.881. The maximum atomic E-state index is 13.6. The van der Waals surface area contributed by atoms with Crippen LogP contribution in [0.4, 0.5) is 8.78 Å². The molecule has 0 aliphatic rings. The Morgan fingerprint density at radius 2 is 2.12 bits per heavy atom. The van der Waals surface area contributed by atoms with Crippen molar-refractivity contribution in [2.75, 3.05) is 7.11 Å². The molecule has 1 aromatic rings. The summed E-state index contributed by atoms with van der Waals surface area (Å²) in [4.78, 5) is 0. The van der Waals surface area contributed by atoms with Crippen LogP contribution in [0.5, 0.6) is 0 Å². The number of rotatable bonds is 6. The van der Waals surface area contributed by atoms with Gasteiger partial charge >= 0.3 is 0 Å². The molecule has 96 valence electrons. The van der Waals surface area contributed by atoms with E-state index in [0.717, 1.165) is 12.5 Å². The van der Waals surface area contributed by atoms with E-state index in [9.17, 15) is 8.78 Å². The van der Waals surface area contributed by atoms with Crippen molar-refractivity contribution in [2.45, 2.75) is 31.9 Å². The molecule has 0 fully saturated rings. The first-order valence-corrected chi connectivity index (χ1v) is 5.58. The third-order valence-electron chi connectivity index (χ3n) is 2.74. The van der Waals surface area contributed by atoms with E-state index in [4.69, 9.17) is 10.6 Å². The summed E-state index contributed by atoms with van der Waals surface area (Å²) in [6, 6.07) is 3.48. The molecule has 0 aliphatic heterocycles. The van der Waals surface area contributed by atoms with Gasteiger partial charge in [-0.1, -0.05) is 25.5 Å². The Bertz CT molecular complexity index is 360. The Labute approximate surface area is 99.9 Å². The lowest BCUT2D eigenvalue weighted by Crippen LogP contribution is -2.38. The molecule has 0 saturated heterocycles. The molecule has 3 N–H and O–H groups in total. The second-order valence-electron chi connectivity index (χ2n) is 3.85. The largest absolute Gasteiger partial charge is 0.379 e. The zero-order valence-corrected chi connectivity index (χ0v) is 10.0. The summed E-state index contributed by atoms with van der Waals surface area (Å²) in [6.07, 6.45) is 1.29. The van der Waals surface area contributed by atoms with Gasteiger partial charge in [0.05, 0.1) is 12.1 Å². The molecule has 0 spiro atoms. The van der Waals surface area contributed by atoms with Crippen molar-refractivity contribution in [3.05, 3.63) is 35.4 Å². The van der Waals surface area contributed by atoms with E-state index in [1.54, 1.807) is 0 Å². The van der Waals surface area contributed by atoms with Crippen molar-refractivity contribution in [2.24, 2.45) is 5.84 Å². The fourth-order valence-corrected chi connectivity index (χ4v) is 1.86. The van der Waals surface area contributed by atoms with Crippen molar-refractivity contribution in [1.29, 1.82) is 0 Å². The number of hydrogen-bond acceptors (Lipinski definition) is 3. The van der Waals surface area contributed by atoms with Gasteiger partial charge in [0.25, 0.3) is 0 Å². The van der Waals surface area contributed by atoms with Crippen molar-refractivity contribution < 1.29 is 13.5 Å². The molecule has 0 radical (unpaired) electrons. The van der Waals surface area contributed by atoms with Crippen LogP contribution in [0.3, 0.4) is 0 Å². The molecule has 5 heteroatoms. The lowest BCUT2D eigenvalue weighted by Gasteiger charge is -2.25. The maximum absolute atomic E-state index is 13.6. The van der Waals surface area contributed by atoms with E-state index < -0.39 is 17.7 Å². The van der Waals surface area contributed by atoms with Crippen LogP contribution in [0.1, 0.15) is 31.4 Å². The number of ether oxygens (including phenoxy) is 1. The normalized spacial score (nSPS) is 14.6. The fraction of sp³-hybridized carbons (Fsp3) is 0.500. The van der Waals surface area contributed by atoms with E-state index in [1.807, 2.05) is 6.92 Å². The molecule has 1 rings (SSSR count). The van der Waals surface area contributed by atoms with Gasteiger partial charge in [0, 0.05) is 12.7 Å². The van der Waals surface area contributed by atoms with Crippen molar-refractivity contribution in [1.82, 2.24) is 5.43 Å². The molecular weight excluding hydrogens is 226 g/mol. The molecule has 1 aromatic carbocycles. The van der Waals surface area contributed by atoms with Crippen LogP contribution >= 0.6 is 0 Å². The number of hydrogen-bond donors (Lipinski definition) is 2. The van der Waals surface area contributed by atoms with Crippen LogP contribution < -0.4 is 11.3 Å². The first-order chi connectivity index (χ1) is 8.15. The molecule has 3 nitrogen and oxygen atoms in total. The van der Waals surface area contributed by atoms with E-state index in [0.29, 0.717) is 6.42 Å². The average Bonchev–Trinajstić information content (AvgIpc) is 2.34. The standard InChI is InChI=1S/C12H18F2N2O/c1-3-5-10(17-2)12(16-15)8-6-4-7-9(13)11(8)14/h4,6-7,10,12,16H,3,5,15H2,1-2H3. The number of nitrogens with one attached hydrogen (secondary N) is 1. The minimum absolute atomic E-state index is 0.188. The smallest absolute Gasteiger partial charge is 0.163 e. The number of methoxy groups -OCH3 is 1. The molecule has 0 bridgehead atoms. The second-order valence-corrected chi connectivity index (χ2v) is 3.85. The van der Waals surface area contributed by atoms with Gasteiger partial charge in [-0.2, -0.15) is 0 Å². The Morgan fingerprint density at radius 1 is 1.41 bits per heavy atom. The van der Waals surface area contributed by atoms with Gasteiger partial charge in [-0.15, -0.1) is 0 Å². The van der Waals surface area contributed by atoms with Crippen LogP contribution in [-0.2, 0) is 4.74 Å². The summed E-state index contributed by atoms with van der Waals surface area (Å²) < 4.78 is 32.1.